The summed E-state index contributed by atoms with van der Waals surface area (Å²) in [5.74, 6) is 0.932. The minimum absolute atomic E-state index is 0.376. The molecule has 0 spiro atoms. The second-order valence-corrected chi connectivity index (χ2v) is 5.72. The van der Waals surface area contributed by atoms with E-state index >= 15 is 0 Å². The topological polar surface area (TPSA) is 39.7 Å². The fourth-order valence-electron chi connectivity index (χ4n) is 2.21. The number of hydrogen-bond donors (Lipinski definition) is 1. The highest BCUT2D eigenvalue weighted by Gasteiger charge is 2.12. The van der Waals surface area contributed by atoms with Gasteiger partial charge in [-0.1, -0.05) is 22.9 Å². The summed E-state index contributed by atoms with van der Waals surface area (Å²) in [7, 11) is 3.40. The molecule has 1 N–H and O–H groups in total. The molecule has 4 nitrogen and oxygen atoms in total. The van der Waals surface area contributed by atoms with Crippen molar-refractivity contribution < 1.29 is 14.2 Å². The van der Waals surface area contributed by atoms with Crippen LogP contribution in [0.2, 0.25) is 0 Å². The highest BCUT2D eigenvalue weighted by Crippen LogP contribution is 2.24. The molecule has 1 rings (SSSR count). The maximum Gasteiger partial charge on any atom is 0.122 e. The maximum absolute atomic E-state index is 5.56. The van der Waals surface area contributed by atoms with E-state index < -0.39 is 0 Å². The molecule has 21 heavy (non-hydrogen) atoms. The minimum Gasteiger partial charge on any atom is -0.496 e. The molecule has 0 aromatic heterocycles. The Morgan fingerprint density at radius 1 is 1.19 bits per heavy atom. The molecule has 0 bridgehead atoms. The van der Waals surface area contributed by atoms with Crippen LogP contribution in [0.3, 0.4) is 0 Å². The van der Waals surface area contributed by atoms with Gasteiger partial charge in [-0.15, -0.1) is 0 Å². The molecule has 1 aromatic rings. The third-order valence-electron chi connectivity index (χ3n) is 3.24. The molecule has 0 aliphatic carbocycles. The lowest BCUT2D eigenvalue weighted by Crippen LogP contribution is -2.32. The lowest BCUT2D eigenvalue weighted by molar-refractivity contribution is 0.0658. The van der Waals surface area contributed by atoms with Gasteiger partial charge < -0.3 is 19.5 Å². The van der Waals surface area contributed by atoms with E-state index in [-0.39, 0.29) is 0 Å². The predicted octanol–water partition coefficient (Wildman–Crippen LogP) is 3.03. The summed E-state index contributed by atoms with van der Waals surface area (Å²) in [6.45, 7) is 5.09. The fourth-order valence-corrected chi connectivity index (χ4v) is 2.62. The van der Waals surface area contributed by atoms with Crippen molar-refractivity contribution in [2.45, 2.75) is 25.8 Å². The van der Waals surface area contributed by atoms with Crippen LogP contribution in [0.5, 0.6) is 5.75 Å². The van der Waals surface area contributed by atoms with Crippen LogP contribution >= 0.6 is 15.9 Å². The van der Waals surface area contributed by atoms with Gasteiger partial charge in [0.1, 0.15) is 5.75 Å². The van der Waals surface area contributed by atoms with E-state index in [2.05, 4.69) is 34.2 Å². The van der Waals surface area contributed by atoms with E-state index in [4.69, 9.17) is 14.2 Å². The van der Waals surface area contributed by atoms with Crippen molar-refractivity contribution in [1.82, 2.24) is 5.32 Å². The molecule has 1 aromatic carbocycles. The first kappa shape index (κ1) is 18.4. The summed E-state index contributed by atoms with van der Waals surface area (Å²) in [5.41, 5.74) is 1.20. The first-order valence-corrected chi connectivity index (χ1v) is 8.13. The Balaban J connectivity index is 2.54. The zero-order valence-corrected chi connectivity index (χ0v) is 14.7. The molecule has 0 fully saturated rings. The van der Waals surface area contributed by atoms with Crippen LogP contribution in [0.4, 0.5) is 0 Å². The summed E-state index contributed by atoms with van der Waals surface area (Å²) in [6.07, 6.45) is 1.89. The Morgan fingerprint density at radius 2 is 2.00 bits per heavy atom. The molecular weight excluding hydrogens is 334 g/mol. The van der Waals surface area contributed by atoms with Gasteiger partial charge in [0, 0.05) is 24.2 Å². The van der Waals surface area contributed by atoms with Gasteiger partial charge in [-0.05, 0) is 43.1 Å². The number of halogens is 1. The summed E-state index contributed by atoms with van der Waals surface area (Å²) >= 11 is 3.52. The van der Waals surface area contributed by atoms with Gasteiger partial charge in [-0.25, -0.2) is 0 Å². The summed E-state index contributed by atoms with van der Waals surface area (Å²) in [4.78, 5) is 0. The molecule has 0 radical (unpaired) electrons. The summed E-state index contributed by atoms with van der Waals surface area (Å²) in [6, 6.07) is 6.49. The van der Waals surface area contributed by atoms with Crippen molar-refractivity contribution in [3.63, 3.8) is 0 Å². The number of rotatable bonds is 11. The van der Waals surface area contributed by atoms with Crippen LogP contribution in [0.25, 0.3) is 0 Å². The Kier molecular flexibility index (Phi) is 9.67. The molecular formula is C16H26BrNO3. The number of nitrogens with one attached hydrogen (secondary N) is 1. The van der Waals surface area contributed by atoms with Gasteiger partial charge >= 0.3 is 0 Å². The van der Waals surface area contributed by atoms with E-state index in [0.717, 1.165) is 36.2 Å². The van der Waals surface area contributed by atoms with Gasteiger partial charge in [0.2, 0.25) is 0 Å². The molecule has 1 atom stereocenters. The molecule has 0 saturated heterocycles. The number of hydrogen-bond acceptors (Lipinski definition) is 4. The minimum atomic E-state index is 0.376. The zero-order valence-electron chi connectivity index (χ0n) is 13.2. The molecule has 0 heterocycles. The highest BCUT2D eigenvalue weighted by molar-refractivity contribution is 9.10. The first-order valence-electron chi connectivity index (χ1n) is 7.33. The van der Waals surface area contributed by atoms with Gasteiger partial charge in [-0.3, -0.25) is 0 Å². The van der Waals surface area contributed by atoms with Gasteiger partial charge in [-0.2, -0.15) is 0 Å². The van der Waals surface area contributed by atoms with Crippen LogP contribution in [-0.4, -0.2) is 46.6 Å². The third-order valence-corrected chi connectivity index (χ3v) is 3.74. The van der Waals surface area contributed by atoms with Crippen molar-refractivity contribution in [2.75, 3.05) is 40.6 Å². The van der Waals surface area contributed by atoms with Gasteiger partial charge in [0.15, 0.2) is 0 Å². The zero-order chi connectivity index (χ0) is 15.5. The molecule has 0 aliphatic rings. The van der Waals surface area contributed by atoms with Crippen molar-refractivity contribution in [3.8, 4) is 5.75 Å². The van der Waals surface area contributed by atoms with Crippen LogP contribution in [0, 0.1) is 0 Å². The molecule has 0 saturated carbocycles. The average Bonchev–Trinajstić information content (AvgIpc) is 2.47. The lowest BCUT2D eigenvalue weighted by Gasteiger charge is -2.19. The SMILES string of the molecule is CCNC(CCOCCOC)Cc1cc(Br)ccc1OC. The quantitative estimate of drug-likeness (QED) is 0.616. The van der Waals surface area contributed by atoms with E-state index in [1.54, 1.807) is 14.2 Å². The van der Waals surface area contributed by atoms with Gasteiger partial charge in [0.05, 0.1) is 20.3 Å². The van der Waals surface area contributed by atoms with Crippen molar-refractivity contribution in [1.29, 1.82) is 0 Å². The Morgan fingerprint density at radius 3 is 2.67 bits per heavy atom. The standard InChI is InChI=1S/C16H26BrNO3/c1-4-18-15(7-8-21-10-9-19-2)12-13-11-14(17)5-6-16(13)20-3/h5-6,11,15,18H,4,7-10,12H2,1-3H3. The van der Waals surface area contributed by atoms with Crippen LogP contribution in [0.1, 0.15) is 18.9 Å². The summed E-state index contributed by atoms with van der Waals surface area (Å²) in [5, 5.41) is 3.51. The summed E-state index contributed by atoms with van der Waals surface area (Å²) < 4.78 is 17.1. The molecule has 120 valence electrons. The van der Waals surface area contributed by atoms with Crippen molar-refractivity contribution in [2.24, 2.45) is 0 Å². The normalized spacial score (nSPS) is 12.4. The predicted molar refractivity (Wildman–Crippen MR) is 89.2 cm³/mol. The first-order chi connectivity index (χ1) is 10.2. The van der Waals surface area contributed by atoms with Crippen LogP contribution in [-0.2, 0) is 15.9 Å². The van der Waals surface area contributed by atoms with Gasteiger partial charge in [0.25, 0.3) is 0 Å². The number of ether oxygens (including phenoxy) is 3. The van der Waals surface area contributed by atoms with Crippen LogP contribution < -0.4 is 10.1 Å². The molecule has 0 amide bonds. The Bertz CT molecular complexity index is 401. The number of likely N-dealkylation sites (N-methyl/N-ethyl adjacent to an activating group) is 1. The van der Waals surface area contributed by atoms with E-state index in [0.29, 0.717) is 19.3 Å². The maximum atomic E-state index is 5.56. The Hall–Kier alpha value is -0.620. The van der Waals surface area contributed by atoms with Crippen LogP contribution in [0.15, 0.2) is 22.7 Å². The molecule has 1 unspecified atom stereocenters. The second-order valence-electron chi connectivity index (χ2n) is 4.81. The van der Waals surface area contributed by atoms with Crippen molar-refractivity contribution >= 4 is 15.9 Å². The van der Waals surface area contributed by atoms with E-state index in [1.165, 1.54) is 5.56 Å². The Labute approximate surface area is 136 Å². The molecule has 0 aliphatic heterocycles. The monoisotopic (exact) mass is 359 g/mol. The highest BCUT2D eigenvalue weighted by atomic mass is 79.9. The molecule has 5 heteroatoms. The van der Waals surface area contributed by atoms with E-state index in [9.17, 15) is 0 Å². The second kappa shape index (κ2) is 11.0. The largest absolute Gasteiger partial charge is 0.496 e. The van der Waals surface area contributed by atoms with E-state index in [1.807, 2.05) is 12.1 Å². The smallest absolute Gasteiger partial charge is 0.122 e. The fraction of sp³-hybridized carbons (Fsp3) is 0.625. The van der Waals surface area contributed by atoms with Crippen molar-refractivity contribution in [3.05, 3.63) is 28.2 Å². The lowest BCUT2D eigenvalue weighted by atomic mass is 10.0. The number of benzene rings is 1. The average molecular weight is 360 g/mol. The third kappa shape index (κ3) is 7.27. The number of methoxy groups -OCH3 is 2.